The molecule has 0 aliphatic heterocycles. The first kappa shape index (κ1) is 17.9. The highest BCUT2D eigenvalue weighted by molar-refractivity contribution is 7.10. The molecule has 0 atom stereocenters. The zero-order chi connectivity index (χ0) is 19.3. The van der Waals surface area contributed by atoms with Crippen LogP contribution in [0.3, 0.4) is 0 Å². The molecule has 28 heavy (non-hydrogen) atoms. The fourth-order valence-electron chi connectivity index (χ4n) is 2.68. The number of anilines is 1. The number of imidazole rings is 1. The van der Waals surface area contributed by atoms with Crippen molar-refractivity contribution in [1.29, 1.82) is 0 Å². The van der Waals surface area contributed by atoms with E-state index in [0.29, 0.717) is 23.1 Å². The zero-order valence-corrected chi connectivity index (χ0v) is 15.9. The first-order valence-electron chi connectivity index (χ1n) is 8.55. The summed E-state index contributed by atoms with van der Waals surface area (Å²) < 4.78 is 11.5. The molecule has 0 saturated heterocycles. The Morgan fingerprint density at radius 2 is 2.07 bits per heavy atom. The van der Waals surface area contributed by atoms with Crippen molar-refractivity contribution in [2.75, 3.05) is 12.4 Å². The Labute approximate surface area is 165 Å². The Morgan fingerprint density at radius 1 is 1.21 bits per heavy atom. The molecule has 2 aromatic carbocycles. The summed E-state index contributed by atoms with van der Waals surface area (Å²) in [7, 11) is 1.61. The number of amides is 1. The molecule has 0 fully saturated rings. The van der Waals surface area contributed by atoms with E-state index in [1.54, 1.807) is 31.8 Å². The molecule has 140 valence electrons. The van der Waals surface area contributed by atoms with Crippen molar-refractivity contribution in [1.82, 2.24) is 18.9 Å². The summed E-state index contributed by atoms with van der Waals surface area (Å²) in [5.41, 5.74) is 2.48. The minimum Gasteiger partial charge on any atom is -0.497 e. The third-order valence-corrected chi connectivity index (χ3v) is 4.75. The minimum atomic E-state index is -0.220. The normalized spacial score (nSPS) is 10.6. The van der Waals surface area contributed by atoms with Gasteiger partial charge in [-0.15, -0.1) is 0 Å². The lowest BCUT2D eigenvalue weighted by molar-refractivity contribution is 0.102. The summed E-state index contributed by atoms with van der Waals surface area (Å²) in [5, 5.41) is 3.25. The number of carbonyl (C=O) groups is 1. The number of nitrogens with zero attached hydrogens (tertiary/aromatic N) is 4. The van der Waals surface area contributed by atoms with Gasteiger partial charge in [0, 0.05) is 41.6 Å². The molecule has 2 heterocycles. The van der Waals surface area contributed by atoms with Gasteiger partial charge in [0.25, 0.3) is 5.91 Å². The molecule has 8 heteroatoms. The molecule has 4 rings (SSSR count). The van der Waals surface area contributed by atoms with Crippen LogP contribution in [0.5, 0.6) is 5.75 Å². The van der Waals surface area contributed by atoms with Crippen LogP contribution in [0, 0.1) is 0 Å². The van der Waals surface area contributed by atoms with Gasteiger partial charge in [0.1, 0.15) is 5.75 Å². The monoisotopic (exact) mass is 391 g/mol. The molecule has 2 aromatic heterocycles. The number of nitrogens with one attached hydrogen (secondary N) is 1. The highest BCUT2D eigenvalue weighted by Gasteiger charge is 2.12. The van der Waals surface area contributed by atoms with Crippen LogP contribution in [-0.2, 0) is 6.54 Å². The van der Waals surface area contributed by atoms with Crippen LogP contribution in [0.1, 0.15) is 15.9 Å². The van der Waals surface area contributed by atoms with Crippen LogP contribution >= 0.6 is 11.5 Å². The largest absolute Gasteiger partial charge is 0.497 e. The highest BCUT2D eigenvalue weighted by Crippen LogP contribution is 2.24. The first-order chi connectivity index (χ1) is 13.7. The molecule has 0 unspecified atom stereocenters. The van der Waals surface area contributed by atoms with Crippen molar-refractivity contribution in [3.8, 4) is 17.1 Å². The molecule has 1 N–H and O–H groups in total. The molecule has 0 bridgehead atoms. The van der Waals surface area contributed by atoms with Crippen molar-refractivity contribution in [3.05, 3.63) is 78.4 Å². The lowest BCUT2D eigenvalue weighted by Gasteiger charge is -2.05. The minimum absolute atomic E-state index is 0.220. The number of hydrogen-bond donors (Lipinski definition) is 1. The predicted octanol–water partition coefficient (Wildman–Crippen LogP) is 3.71. The van der Waals surface area contributed by atoms with Crippen molar-refractivity contribution >= 4 is 22.6 Å². The Morgan fingerprint density at radius 3 is 2.82 bits per heavy atom. The standard InChI is InChI=1S/C20H17N5O2S/c1-27-17-4-2-3-16(11-17)18-22-20(28-24-18)23-19(26)15-7-5-14(6-8-15)12-25-10-9-21-13-25/h2-11,13H,12H2,1H3,(H,22,23,24,26). The van der Waals surface area contributed by atoms with Crippen molar-refractivity contribution in [2.24, 2.45) is 0 Å². The molecule has 0 saturated carbocycles. The van der Waals surface area contributed by atoms with Crippen molar-refractivity contribution in [2.45, 2.75) is 6.54 Å². The van der Waals surface area contributed by atoms with Crippen LogP contribution in [0.4, 0.5) is 5.13 Å². The smallest absolute Gasteiger partial charge is 0.257 e. The Bertz CT molecular complexity index is 1070. The fourth-order valence-corrected chi connectivity index (χ4v) is 3.26. The molecular formula is C20H17N5O2S. The third-order valence-electron chi connectivity index (χ3n) is 4.11. The molecule has 0 spiro atoms. The quantitative estimate of drug-likeness (QED) is 0.542. The maximum atomic E-state index is 12.5. The van der Waals surface area contributed by atoms with Gasteiger partial charge in [-0.1, -0.05) is 24.3 Å². The second-order valence-corrected chi connectivity index (χ2v) is 6.79. The molecular weight excluding hydrogens is 374 g/mol. The van der Waals surface area contributed by atoms with E-state index in [1.165, 1.54) is 0 Å². The average molecular weight is 391 g/mol. The summed E-state index contributed by atoms with van der Waals surface area (Å²) in [6.45, 7) is 0.711. The number of ether oxygens (including phenoxy) is 1. The van der Waals surface area contributed by atoms with Crippen LogP contribution in [0.2, 0.25) is 0 Å². The summed E-state index contributed by atoms with van der Waals surface area (Å²) >= 11 is 1.14. The average Bonchev–Trinajstić information content (AvgIpc) is 3.41. The van der Waals surface area contributed by atoms with Crippen LogP contribution < -0.4 is 10.1 Å². The number of hydrogen-bond acceptors (Lipinski definition) is 6. The Kier molecular flexibility index (Phi) is 5.11. The molecule has 7 nitrogen and oxygen atoms in total. The highest BCUT2D eigenvalue weighted by atomic mass is 32.1. The second-order valence-electron chi connectivity index (χ2n) is 6.04. The van der Waals surface area contributed by atoms with Gasteiger partial charge >= 0.3 is 0 Å². The summed E-state index contributed by atoms with van der Waals surface area (Å²) in [6, 6.07) is 14.9. The zero-order valence-electron chi connectivity index (χ0n) is 15.1. The SMILES string of the molecule is COc1cccc(-c2nsc(NC(=O)c3ccc(Cn4ccnc4)cc3)n2)c1. The molecule has 1 amide bonds. The molecule has 0 aliphatic rings. The topological polar surface area (TPSA) is 81.9 Å². The van der Waals surface area contributed by atoms with Gasteiger partial charge in [-0.05, 0) is 29.8 Å². The first-order valence-corrected chi connectivity index (χ1v) is 9.33. The van der Waals surface area contributed by atoms with Crippen molar-refractivity contribution in [3.63, 3.8) is 0 Å². The third kappa shape index (κ3) is 4.07. The number of benzene rings is 2. The van der Waals surface area contributed by atoms with Crippen LogP contribution in [0.15, 0.2) is 67.3 Å². The number of carbonyl (C=O) groups excluding carboxylic acids is 1. The predicted molar refractivity (Wildman–Crippen MR) is 108 cm³/mol. The maximum Gasteiger partial charge on any atom is 0.257 e. The number of aromatic nitrogens is 4. The Balaban J connectivity index is 1.43. The summed E-state index contributed by atoms with van der Waals surface area (Å²) in [5.74, 6) is 1.06. The van der Waals surface area contributed by atoms with Gasteiger partial charge < -0.3 is 9.30 Å². The van der Waals surface area contributed by atoms with Gasteiger partial charge in [0.2, 0.25) is 5.13 Å². The fraction of sp³-hybridized carbons (Fsp3) is 0.100. The van der Waals surface area contributed by atoms with E-state index in [-0.39, 0.29) is 5.91 Å². The van der Waals surface area contributed by atoms with Gasteiger partial charge in [-0.2, -0.15) is 9.36 Å². The van der Waals surface area contributed by atoms with Gasteiger partial charge in [-0.25, -0.2) is 4.98 Å². The van der Waals surface area contributed by atoms with E-state index in [9.17, 15) is 4.79 Å². The Hall–Kier alpha value is -3.52. The maximum absolute atomic E-state index is 12.5. The second kappa shape index (κ2) is 8.01. The van der Waals surface area contributed by atoms with E-state index in [1.807, 2.05) is 47.2 Å². The van der Waals surface area contributed by atoms with E-state index in [0.717, 1.165) is 28.4 Å². The van der Waals surface area contributed by atoms with E-state index in [2.05, 4.69) is 19.7 Å². The van der Waals surface area contributed by atoms with E-state index in [4.69, 9.17) is 4.74 Å². The van der Waals surface area contributed by atoms with Gasteiger partial charge in [0.05, 0.1) is 13.4 Å². The van der Waals surface area contributed by atoms with Crippen LogP contribution in [-0.4, -0.2) is 31.9 Å². The summed E-state index contributed by atoms with van der Waals surface area (Å²) in [6.07, 6.45) is 5.40. The van der Waals surface area contributed by atoms with Gasteiger partial charge in [0.15, 0.2) is 5.82 Å². The van der Waals surface area contributed by atoms with E-state index >= 15 is 0 Å². The molecule has 0 radical (unpaired) electrons. The van der Waals surface area contributed by atoms with Crippen LogP contribution in [0.25, 0.3) is 11.4 Å². The number of rotatable bonds is 6. The van der Waals surface area contributed by atoms with Crippen molar-refractivity contribution < 1.29 is 9.53 Å². The molecule has 0 aliphatic carbocycles. The number of methoxy groups -OCH3 is 1. The lowest BCUT2D eigenvalue weighted by Crippen LogP contribution is -2.11. The van der Waals surface area contributed by atoms with Gasteiger partial charge in [-0.3, -0.25) is 10.1 Å². The lowest BCUT2D eigenvalue weighted by atomic mass is 10.1. The van der Waals surface area contributed by atoms with E-state index < -0.39 is 0 Å². The summed E-state index contributed by atoms with van der Waals surface area (Å²) in [4.78, 5) is 20.9. The molecule has 4 aromatic rings.